The van der Waals surface area contributed by atoms with Gasteiger partial charge in [-0.05, 0) is 51.2 Å². The number of furan rings is 1. The van der Waals surface area contributed by atoms with E-state index in [0.29, 0.717) is 25.1 Å². The number of hydrogen-bond donors (Lipinski definition) is 1. The molecule has 0 unspecified atom stereocenters. The van der Waals surface area contributed by atoms with Crippen molar-refractivity contribution in [1.29, 1.82) is 0 Å². The van der Waals surface area contributed by atoms with Gasteiger partial charge in [0.1, 0.15) is 17.3 Å². The summed E-state index contributed by atoms with van der Waals surface area (Å²) in [5.74, 6) is -0.735. The highest BCUT2D eigenvalue weighted by Gasteiger charge is 2.61. The monoisotopic (exact) mass is 404 g/mol. The molecule has 2 amide bonds. The second kappa shape index (κ2) is 9.46. The Morgan fingerprint density at radius 3 is 2.83 bits per heavy atom. The van der Waals surface area contributed by atoms with Gasteiger partial charge in [-0.3, -0.25) is 14.4 Å². The largest absolute Gasteiger partial charge is 0.467 e. The number of rotatable bonds is 7. The second-order valence-electron chi connectivity index (χ2n) is 7.99. The molecule has 0 radical (unpaired) electrons. The van der Waals surface area contributed by atoms with E-state index in [9.17, 15) is 14.4 Å². The molecule has 3 atom stereocenters. The molecular weight excluding hydrogens is 372 g/mol. The van der Waals surface area contributed by atoms with Gasteiger partial charge in [0.15, 0.2) is 0 Å². The normalized spacial score (nSPS) is 27.0. The maximum atomic E-state index is 13.4. The van der Waals surface area contributed by atoms with Crippen molar-refractivity contribution in [2.45, 2.75) is 76.8 Å². The van der Waals surface area contributed by atoms with E-state index in [1.807, 2.05) is 0 Å². The molecule has 0 aromatic carbocycles. The van der Waals surface area contributed by atoms with Crippen LogP contribution in [0.2, 0.25) is 0 Å². The van der Waals surface area contributed by atoms with Gasteiger partial charge in [0.25, 0.3) is 0 Å². The van der Waals surface area contributed by atoms with Crippen molar-refractivity contribution in [3.8, 4) is 0 Å². The Hall–Kier alpha value is -2.31. The summed E-state index contributed by atoms with van der Waals surface area (Å²) < 4.78 is 11.0. The van der Waals surface area contributed by atoms with Gasteiger partial charge in [-0.1, -0.05) is 19.8 Å². The van der Waals surface area contributed by atoms with Crippen molar-refractivity contribution in [3.05, 3.63) is 24.2 Å². The standard InChI is InChI=1S/C22H32N2O5/c1-3-5-6-11-18(25)24-19(17-10-9-14-29-17)16(20(26)28-4-2)15-22(24)12-7-8-13-23-21(22)27/h9-10,14,16,19H,3-8,11-13,15H2,1-2H3,(H,23,27)/t16-,19+,22-/m0/s1. The predicted octanol–water partition coefficient (Wildman–Crippen LogP) is 3.35. The molecule has 2 saturated heterocycles. The number of likely N-dealkylation sites (tertiary alicyclic amines) is 1. The summed E-state index contributed by atoms with van der Waals surface area (Å²) in [4.78, 5) is 41.2. The zero-order valence-corrected chi connectivity index (χ0v) is 17.4. The van der Waals surface area contributed by atoms with Crippen LogP contribution in [0.3, 0.4) is 0 Å². The van der Waals surface area contributed by atoms with Gasteiger partial charge in [0.05, 0.1) is 18.8 Å². The number of carbonyl (C=O) groups is 3. The Kier molecular flexibility index (Phi) is 6.98. The van der Waals surface area contributed by atoms with Crippen molar-refractivity contribution in [2.75, 3.05) is 13.2 Å². The zero-order valence-electron chi connectivity index (χ0n) is 17.4. The average Bonchev–Trinajstić information content (AvgIpc) is 3.29. The highest BCUT2D eigenvalue weighted by molar-refractivity contribution is 5.94. The summed E-state index contributed by atoms with van der Waals surface area (Å²) in [6.45, 7) is 4.69. The lowest BCUT2D eigenvalue weighted by atomic mass is 9.86. The van der Waals surface area contributed by atoms with E-state index >= 15 is 0 Å². The maximum Gasteiger partial charge on any atom is 0.311 e. The minimum absolute atomic E-state index is 0.0938. The first-order valence-corrected chi connectivity index (χ1v) is 10.9. The molecule has 2 aliphatic rings. The second-order valence-corrected chi connectivity index (χ2v) is 7.99. The molecule has 3 heterocycles. The van der Waals surface area contributed by atoms with Crippen molar-refractivity contribution < 1.29 is 23.5 Å². The smallest absolute Gasteiger partial charge is 0.311 e. The Morgan fingerprint density at radius 1 is 1.31 bits per heavy atom. The van der Waals surface area contributed by atoms with Gasteiger partial charge in [-0.25, -0.2) is 0 Å². The van der Waals surface area contributed by atoms with Gasteiger partial charge in [0.2, 0.25) is 11.8 Å². The van der Waals surface area contributed by atoms with Gasteiger partial charge in [0, 0.05) is 13.0 Å². The average molecular weight is 405 g/mol. The number of unbranched alkanes of at least 4 members (excludes halogenated alkanes) is 2. The molecule has 160 valence electrons. The van der Waals surface area contributed by atoms with Gasteiger partial charge in [-0.2, -0.15) is 0 Å². The van der Waals surface area contributed by atoms with Crippen LogP contribution in [0.5, 0.6) is 0 Å². The molecule has 2 fully saturated rings. The van der Waals surface area contributed by atoms with Crippen LogP contribution < -0.4 is 5.32 Å². The van der Waals surface area contributed by atoms with E-state index in [-0.39, 0.29) is 30.8 Å². The third-order valence-corrected chi connectivity index (χ3v) is 6.09. The summed E-state index contributed by atoms with van der Waals surface area (Å²) >= 11 is 0. The SMILES string of the molecule is CCCCCC(=O)N1[C@@H](c2ccco2)[C@@H](C(=O)OCC)C[C@]12CCCCNC2=O. The van der Waals surface area contributed by atoms with Crippen LogP contribution in [-0.2, 0) is 19.1 Å². The van der Waals surface area contributed by atoms with Gasteiger partial charge in [-0.15, -0.1) is 0 Å². The van der Waals surface area contributed by atoms with Crippen LogP contribution in [0.1, 0.15) is 77.0 Å². The molecule has 1 spiro atoms. The van der Waals surface area contributed by atoms with Crippen LogP contribution in [0, 0.1) is 5.92 Å². The molecule has 1 aromatic rings. The summed E-state index contributed by atoms with van der Waals surface area (Å²) in [7, 11) is 0. The first-order chi connectivity index (χ1) is 14.0. The lowest BCUT2D eigenvalue weighted by Crippen LogP contribution is -2.57. The molecule has 0 aliphatic carbocycles. The van der Waals surface area contributed by atoms with E-state index < -0.39 is 17.5 Å². The number of hydrogen-bond acceptors (Lipinski definition) is 5. The minimum atomic E-state index is -1.03. The van der Waals surface area contributed by atoms with E-state index in [4.69, 9.17) is 9.15 Å². The van der Waals surface area contributed by atoms with E-state index in [0.717, 1.165) is 32.1 Å². The molecule has 1 aromatic heterocycles. The predicted molar refractivity (Wildman–Crippen MR) is 107 cm³/mol. The molecule has 1 N–H and O–H groups in total. The Morgan fingerprint density at radius 2 is 2.14 bits per heavy atom. The van der Waals surface area contributed by atoms with Gasteiger partial charge < -0.3 is 19.4 Å². The van der Waals surface area contributed by atoms with Crippen LogP contribution in [0.15, 0.2) is 22.8 Å². The number of amides is 2. The van der Waals surface area contributed by atoms with E-state index in [1.165, 1.54) is 6.26 Å². The molecule has 3 rings (SSSR count). The highest BCUT2D eigenvalue weighted by Crippen LogP contribution is 2.50. The number of ether oxygens (including phenoxy) is 1. The minimum Gasteiger partial charge on any atom is -0.467 e. The summed E-state index contributed by atoms with van der Waals surface area (Å²) in [5, 5.41) is 2.97. The van der Waals surface area contributed by atoms with Crippen LogP contribution in [-0.4, -0.2) is 41.4 Å². The van der Waals surface area contributed by atoms with Gasteiger partial charge >= 0.3 is 5.97 Å². The zero-order chi connectivity index (χ0) is 20.9. The molecule has 0 bridgehead atoms. The number of nitrogens with one attached hydrogen (secondary N) is 1. The fourth-order valence-corrected chi connectivity index (χ4v) is 4.75. The molecule has 7 heteroatoms. The summed E-state index contributed by atoms with van der Waals surface area (Å²) in [5.41, 5.74) is -1.03. The van der Waals surface area contributed by atoms with Crippen molar-refractivity contribution >= 4 is 17.8 Å². The van der Waals surface area contributed by atoms with Crippen LogP contribution >= 0.6 is 0 Å². The first kappa shape index (κ1) is 21.4. The fraction of sp³-hybridized carbons (Fsp3) is 0.682. The third kappa shape index (κ3) is 4.19. The molecular formula is C22H32N2O5. The van der Waals surface area contributed by atoms with E-state index in [1.54, 1.807) is 24.0 Å². The summed E-state index contributed by atoms with van der Waals surface area (Å²) in [6.07, 6.45) is 7.10. The van der Waals surface area contributed by atoms with Crippen molar-refractivity contribution in [1.82, 2.24) is 10.2 Å². The van der Waals surface area contributed by atoms with E-state index in [2.05, 4.69) is 12.2 Å². The Labute approximate surface area is 172 Å². The molecule has 0 saturated carbocycles. The number of carbonyl (C=O) groups excluding carboxylic acids is 3. The topological polar surface area (TPSA) is 88.8 Å². The van der Waals surface area contributed by atoms with Crippen LogP contribution in [0.4, 0.5) is 0 Å². The Bertz CT molecular complexity index is 717. The van der Waals surface area contributed by atoms with Crippen molar-refractivity contribution in [3.63, 3.8) is 0 Å². The molecule has 2 aliphatic heterocycles. The van der Waals surface area contributed by atoms with Crippen LogP contribution in [0.25, 0.3) is 0 Å². The maximum absolute atomic E-state index is 13.4. The summed E-state index contributed by atoms with van der Waals surface area (Å²) in [6, 6.07) is 2.90. The molecule has 7 nitrogen and oxygen atoms in total. The first-order valence-electron chi connectivity index (χ1n) is 10.9. The third-order valence-electron chi connectivity index (χ3n) is 6.09. The lowest BCUT2D eigenvalue weighted by molar-refractivity contribution is -0.151. The fourth-order valence-electron chi connectivity index (χ4n) is 4.75. The quantitative estimate of drug-likeness (QED) is 0.556. The Balaban J connectivity index is 2.04. The lowest BCUT2D eigenvalue weighted by Gasteiger charge is -2.38. The highest BCUT2D eigenvalue weighted by atomic mass is 16.5. The number of nitrogens with zero attached hydrogens (tertiary/aromatic N) is 1. The van der Waals surface area contributed by atoms with Crippen molar-refractivity contribution in [2.24, 2.45) is 5.92 Å². The molecule has 29 heavy (non-hydrogen) atoms. The number of esters is 1.